The number of carbonyl (C=O) groups excluding carboxylic acids is 2. The van der Waals surface area contributed by atoms with Crippen LogP contribution in [0.25, 0.3) is 0 Å². The largest absolute Gasteiger partial charge is 0.480 e. The van der Waals surface area contributed by atoms with Gasteiger partial charge in [-0.3, -0.25) is 14.5 Å². The van der Waals surface area contributed by atoms with E-state index in [-0.39, 0.29) is 11.8 Å². The lowest BCUT2D eigenvalue weighted by atomic mass is 10.00. The van der Waals surface area contributed by atoms with Crippen molar-refractivity contribution in [1.82, 2.24) is 4.90 Å². The summed E-state index contributed by atoms with van der Waals surface area (Å²) >= 11 is 1.50. The molecule has 1 N–H and O–H groups in total. The summed E-state index contributed by atoms with van der Waals surface area (Å²) < 4.78 is 0. The number of carboxylic acids is 1. The van der Waals surface area contributed by atoms with Gasteiger partial charge in [-0.2, -0.15) is 11.8 Å². The molecular formula is C11H17NO4S. The molecule has 3 atom stereocenters. The number of carboxylic acid groups (broad SMARTS) is 1. The summed E-state index contributed by atoms with van der Waals surface area (Å²) in [5.74, 6) is -2.07. The topological polar surface area (TPSA) is 74.7 Å². The van der Waals surface area contributed by atoms with Crippen LogP contribution in [0.15, 0.2) is 0 Å². The molecule has 1 heterocycles. The molecule has 1 fully saturated rings. The molecule has 6 heteroatoms. The Hall–Kier alpha value is -1.04. The first kappa shape index (κ1) is 14.0. The average molecular weight is 259 g/mol. The normalized spacial score (nSPS) is 26.4. The number of thioether (sulfide) groups is 1. The molecule has 1 rings (SSSR count). The number of hydrogen-bond acceptors (Lipinski definition) is 4. The predicted octanol–water partition coefficient (Wildman–Crippen LogP) is 0.834. The molecule has 0 saturated carbocycles. The van der Waals surface area contributed by atoms with Crippen molar-refractivity contribution in [3.63, 3.8) is 0 Å². The van der Waals surface area contributed by atoms with E-state index >= 15 is 0 Å². The minimum absolute atomic E-state index is 0.299. The SMILES string of the molecule is CSCCC(C(=O)O)N1C(=O)C(C)C(C)C1=O. The van der Waals surface area contributed by atoms with Gasteiger partial charge in [-0.05, 0) is 18.4 Å². The zero-order valence-electron chi connectivity index (χ0n) is 10.2. The van der Waals surface area contributed by atoms with Crippen LogP contribution in [0.4, 0.5) is 0 Å². The van der Waals surface area contributed by atoms with Gasteiger partial charge in [0.05, 0.1) is 0 Å². The molecule has 0 bridgehead atoms. The third kappa shape index (κ3) is 2.62. The quantitative estimate of drug-likeness (QED) is 0.740. The van der Waals surface area contributed by atoms with Crippen molar-refractivity contribution in [3.8, 4) is 0 Å². The molecule has 1 saturated heterocycles. The Kier molecular flexibility index (Phi) is 4.56. The van der Waals surface area contributed by atoms with Crippen LogP contribution in [0.3, 0.4) is 0 Å². The van der Waals surface area contributed by atoms with Gasteiger partial charge < -0.3 is 5.11 Å². The first-order valence-electron chi connectivity index (χ1n) is 5.50. The number of carbonyl (C=O) groups is 3. The van der Waals surface area contributed by atoms with E-state index in [1.54, 1.807) is 13.8 Å². The number of amides is 2. The first-order chi connectivity index (χ1) is 7.91. The molecule has 0 aliphatic carbocycles. The second-order valence-corrected chi connectivity index (χ2v) is 5.24. The molecule has 2 amide bonds. The molecule has 5 nitrogen and oxygen atoms in total. The zero-order valence-corrected chi connectivity index (χ0v) is 11.0. The van der Waals surface area contributed by atoms with E-state index in [4.69, 9.17) is 5.11 Å². The van der Waals surface area contributed by atoms with E-state index in [0.717, 1.165) is 4.90 Å². The third-order valence-corrected chi connectivity index (χ3v) is 3.84. The summed E-state index contributed by atoms with van der Waals surface area (Å²) in [7, 11) is 0. The zero-order chi connectivity index (χ0) is 13.2. The summed E-state index contributed by atoms with van der Waals surface area (Å²) in [5, 5.41) is 9.11. The standard InChI is InChI=1S/C11H17NO4S/c1-6-7(2)10(14)12(9(6)13)8(11(15)16)4-5-17-3/h6-8H,4-5H2,1-3H3,(H,15,16). The van der Waals surface area contributed by atoms with Gasteiger partial charge >= 0.3 is 5.97 Å². The van der Waals surface area contributed by atoms with Crippen molar-refractivity contribution in [2.75, 3.05) is 12.0 Å². The Balaban J connectivity index is 2.91. The highest BCUT2D eigenvalue weighted by molar-refractivity contribution is 7.98. The maximum absolute atomic E-state index is 11.9. The second-order valence-electron chi connectivity index (χ2n) is 4.26. The Morgan fingerprint density at radius 3 is 2.18 bits per heavy atom. The van der Waals surface area contributed by atoms with E-state index in [0.29, 0.717) is 12.2 Å². The summed E-state index contributed by atoms with van der Waals surface area (Å²) in [6.45, 7) is 3.33. The van der Waals surface area contributed by atoms with E-state index in [2.05, 4.69) is 0 Å². The van der Waals surface area contributed by atoms with E-state index in [1.807, 2.05) is 6.26 Å². The lowest BCUT2D eigenvalue weighted by Gasteiger charge is -2.22. The van der Waals surface area contributed by atoms with Crippen LogP contribution in [0, 0.1) is 11.8 Å². The van der Waals surface area contributed by atoms with Crippen LogP contribution in [0.1, 0.15) is 20.3 Å². The molecule has 0 aromatic heterocycles. The van der Waals surface area contributed by atoms with Gasteiger partial charge in [0.15, 0.2) is 0 Å². The van der Waals surface area contributed by atoms with Crippen molar-refractivity contribution in [2.45, 2.75) is 26.3 Å². The summed E-state index contributed by atoms with van der Waals surface area (Å²) in [4.78, 5) is 35.8. The second kappa shape index (κ2) is 5.53. The lowest BCUT2D eigenvalue weighted by molar-refractivity contribution is -0.155. The van der Waals surface area contributed by atoms with Crippen molar-refractivity contribution < 1.29 is 19.5 Å². The summed E-state index contributed by atoms with van der Waals surface area (Å²) in [5.41, 5.74) is 0. The minimum atomic E-state index is -1.11. The summed E-state index contributed by atoms with van der Waals surface area (Å²) in [6, 6.07) is -1.02. The monoisotopic (exact) mass is 259 g/mol. The van der Waals surface area contributed by atoms with Gasteiger partial charge in [0, 0.05) is 11.8 Å². The number of likely N-dealkylation sites (tertiary alicyclic amines) is 1. The number of imide groups is 1. The van der Waals surface area contributed by atoms with Crippen molar-refractivity contribution >= 4 is 29.5 Å². The molecule has 96 valence electrons. The lowest BCUT2D eigenvalue weighted by Crippen LogP contribution is -2.45. The maximum Gasteiger partial charge on any atom is 0.326 e. The van der Waals surface area contributed by atoms with Crippen LogP contribution in [-0.2, 0) is 14.4 Å². The van der Waals surface area contributed by atoms with E-state index < -0.39 is 23.8 Å². The van der Waals surface area contributed by atoms with Crippen LogP contribution < -0.4 is 0 Å². The molecular weight excluding hydrogens is 242 g/mol. The van der Waals surface area contributed by atoms with Crippen molar-refractivity contribution in [2.24, 2.45) is 11.8 Å². The third-order valence-electron chi connectivity index (χ3n) is 3.20. The fraction of sp³-hybridized carbons (Fsp3) is 0.727. The minimum Gasteiger partial charge on any atom is -0.480 e. The van der Waals surface area contributed by atoms with Crippen molar-refractivity contribution in [3.05, 3.63) is 0 Å². The van der Waals surface area contributed by atoms with Gasteiger partial charge in [0.2, 0.25) is 11.8 Å². The molecule has 1 aliphatic rings. The molecule has 1 aliphatic heterocycles. The molecule has 17 heavy (non-hydrogen) atoms. The molecule has 0 spiro atoms. The Labute approximate surface area is 105 Å². The average Bonchev–Trinajstić information content (AvgIpc) is 2.46. The van der Waals surface area contributed by atoms with Crippen LogP contribution in [-0.4, -0.2) is 45.8 Å². The maximum atomic E-state index is 11.9. The Morgan fingerprint density at radius 1 is 1.35 bits per heavy atom. The molecule has 3 unspecified atom stereocenters. The van der Waals surface area contributed by atoms with Gasteiger partial charge in [-0.15, -0.1) is 0 Å². The first-order valence-corrected chi connectivity index (χ1v) is 6.89. The smallest absolute Gasteiger partial charge is 0.326 e. The fourth-order valence-corrected chi connectivity index (χ4v) is 2.33. The van der Waals surface area contributed by atoms with Gasteiger partial charge in [0.1, 0.15) is 6.04 Å². The Bertz CT molecular complexity index is 324. The number of rotatable bonds is 5. The molecule has 0 aromatic rings. The molecule has 0 radical (unpaired) electrons. The highest BCUT2D eigenvalue weighted by Gasteiger charge is 2.47. The number of hydrogen-bond donors (Lipinski definition) is 1. The van der Waals surface area contributed by atoms with Crippen LogP contribution in [0.2, 0.25) is 0 Å². The fourth-order valence-electron chi connectivity index (χ4n) is 1.87. The highest BCUT2D eigenvalue weighted by Crippen LogP contribution is 2.28. The van der Waals surface area contributed by atoms with Gasteiger partial charge in [-0.25, -0.2) is 4.79 Å². The van der Waals surface area contributed by atoms with E-state index in [1.165, 1.54) is 11.8 Å². The predicted molar refractivity (Wildman–Crippen MR) is 64.6 cm³/mol. The number of nitrogens with zero attached hydrogens (tertiary/aromatic N) is 1. The summed E-state index contributed by atoms with van der Waals surface area (Å²) in [6.07, 6.45) is 2.16. The Morgan fingerprint density at radius 2 is 1.82 bits per heavy atom. The van der Waals surface area contributed by atoms with Crippen LogP contribution in [0.5, 0.6) is 0 Å². The highest BCUT2D eigenvalue weighted by atomic mass is 32.2. The van der Waals surface area contributed by atoms with E-state index in [9.17, 15) is 14.4 Å². The molecule has 0 aromatic carbocycles. The van der Waals surface area contributed by atoms with Crippen LogP contribution >= 0.6 is 11.8 Å². The van der Waals surface area contributed by atoms with Crippen molar-refractivity contribution in [1.29, 1.82) is 0 Å². The van der Waals surface area contributed by atoms with Gasteiger partial charge in [0.25, 0.3) is 0 Å². The van der Waals surface area contributed by atoms with Gasteiger partial charge in [-0.1, -0.05) is 13.8 Å². The number of aliphatic carboxylic acids is 1.